The maximum Gasteiger partial charge on any atom is 0.110 e. The van der Waals surface area contributed by atoms with Gasteiger partial charge in [0.15, 0.2) is 0 Å². The van der Waals surface area contributed by atoms with Gasteiger partial charge in [-0.2, -0.15) is 0 Å². The Morgan fingerprint density at radius 1 is 1.38 bits per heavy atom. The lowest BCUT2D eigenvalue weighted by Crippen LogP contribution is -2.45. The van der Waals surface area contributed by atoms with Gasteiger partial charge in [-0.05, 0) is 20.3 Å². The highest BCUT2D eigenvalue weighted by Crippen LogP contribution is 2.38. The van der Waals surface area contributed by atoms with Crippen molar-refractivity contribution in [3.8, 4) is 0 Å². The van der Waals surface area contributed by atoms with Crippen molar-refractivity contribution in [1.82, 2.24) is 15.2 Å². The van der Waals surface area contributed by atoms with Gasteiger partial charge in [-0.1, -0.05) is 13.3 Å². The lowest BCUT2D eigenvalue weighted by atomic mass is 10.1. The molecule has 0 bridgehead atoms. The van der Waals surface area contributed by atoms with Crippen LogP contribution in [-0.2, 0) is 11.2 Å². The van der Waals surface area contributed by atoms with Crippen molar-refractivity contribution in [2.45, 2.75) is 58.3 Å². The summed E-state index contributed by atoms with van der Waals surface area (Å²) in [6.45, 7) is 11.1. The van der Waals surface area contributed by atoms with E-state index in [4.69, 9.17) is 9.72 Å². The molecule has 2 aliphatic heterocycles. The predicted octanol–water partition coefficient (Wildman–Crippen LogP) is 2.91. The SMILES string of the molecule is CCCC(c1nc2c(s1)C(C)OC(C)C2)N1CCNCC1. The van der Waals surface area contributed by atoms with Crippen molar-refractivity contribution in [3.05, 3.63) is 15.6 Å². The zero-order valence-electron chi connectivity index (χ0n) is 13.4. The molecule has 4 nitrogen and oxygen atoms in total. The second-order valence-corrected chi connectivity index (χ2v) is 7.31. The number of hydrogen-bond donors (Lipinski definition) is 1. The van der Waals surface area contributed by atoms with Crippen LogP contribution in [0.15, 0.2) is 0 Å². The van der Waals surface area contributed by atoms with E-state index in [0.717, 1.165) is 32.6 Å². The molecule has 1 saturated heterocycles. The van der Waals surface area contributed by atoms with Crippen LogP contribution in [0.4, 0.5) is 0 Å². The second-order valence-electron chi connectivity index (χ2n) is 6.25. The molecule has 3 atom stereocenters. The predicted molar refractivity (Wildman–Crippen MR) is 86.9 cm³/mol. The van der Waals surface area contributed by atoms with Crippen LogP contribution in [0.2, 0.25) is 0 Å². The molecule has 1 fully saturated rings. The monoisotopic (exact) mass is 309 g/mol. The number of thiazole rings is 1. The van der Waals surface area contributed by atoms with E-state index in [9.17, 15) is 0 Å². The van der Waals surface area contributed by atoms with E-state index < -0.39 is 0 Å². The molecule has 3 unspecified atom stereocenters. The smallest absolute Gasteiger partial charge is 0.110 e. The Kier molecular flexibility index (Phi) is 4.94. The molecule has 1 aromatic heterocycles. The van der Waals surface area contributed by atoms with Gasteiger partial charge in [0.2, 0.25) is 0 Å². The van der Waals surface area contributed by atoms with Crippen molar-refractivity contribution in [2.75, 3.05) is 26.2 Å². The third-order valence-corrected chi connectivity index (χ3v) is 5.83. The molecule has 3 rings (SSSR count). The van der Waals surface area contributed by atoms with E-state index in [1.54, 1.807) is 0 Å². The zero-order valence-corrected chi connectivity index (χ0v) is 14.2. The van der Waals surface area contributed by atoms with Gasteiger partial charge in [-0.25, -0.2) is 4.98 Å². The van der Waals surface area contributed by atoms with E-state index in [2.05, 4.69) is 31.0 Å². The van der Waals surface area contributed by atoms with Gasteiger partial charge in [-0.15, -0.1) is 11.3 Å². The molecule has 0 amide bonds. The fraction of sp³-hybridized carbons (Fsp3) is 0.812. The minimum absolute atomic E-state index is 0.209. The number of fused-ring (bicyclic) bond motifs is 1. The number of hydrogen-bond acceptors (Lipinski definition) is 5. The average Bonchev–Trinajstić information content (AvgIpc) is 2.89. The van der Waals surface area contributed by atoms with Gasteiger partial charge in [0.1, 0.15) is 5.01 Å². The maximum absolute atomic E-state index is 5.96. The number of piperazine rings is 1. The fourth-order valence-corrected chi connectivity index (χ4v) is 4.70. The highest BCUT2D eigenvalue weighted by atomic mass is 32.1. The molecule has 0 radical (unpaired) electrons. The lowest BCUT2D eigenvalue weighted by molar-refractivity contribution is -0.00320. The Hall–Kier alpha value is -0.490. The van der Waals surface area contributed by atoms with E-state index in [-0.39, 0.29) is 6.10 Å². The first kappa shape index (κ1) is 15.4. The fourth-order valence-electron chi connectivity index (χ4n) is 3.45. The van der Waals surface area contributed by atoms with Crippen molar-refractivity contribution >= 4 is 11.3 Å². The number of nitrogens with one attached hydrogen (secondary N) is 1. The maximum atomic E-state index is 5.96. The number of nitrogens with zero attached hydrogens (tertiary/aromatic N) is 2. The minimum atomic E-state index is 0.209. The first-order chi connectivity index (χ1) is 10.2. The third kappa shape index (κ3) is 3.31. The molecule has 5 heteroatoms. The molecular weight excluding hydrogens is 282 g/mol. The van der Waals surface area contributed by atoms with E-state index in [1.807, 2.05) is 11.3 Å². The van der Waals surface area contributed by atoms with Crippen molar-refractivity contribution in [3.63, 3.8) is 0 Å². The summed E-state index contributed by atoms with van der Waals surface area (Å²) in [7, 11) is 0. The largest absolute Gasteiger partial charge is 0.370 e. The van der Waals surface area contributed by atoms with Crippen LogP contribution >= 0.6 is 11.3 Å². The van der Waals surface area contributed by atoms with Crippen LogP contribution < -0.4 is 5.32 Å². The van der Waals surface area contributed by atoms with Crippen molar-refractivity contribution in [1.29, 1.82) is 0 Å². The highest BCUT2D eigenvalue weighted by molar-refractivity contribution is 7.11. The van der Waals surface area contributed by atoms with Crippen LogP contribution in [0, 0.1) is 0 Å². The lowest BCUT2D eigenvalue weighted by Gasteiger charge is -2.33. The molecule has 1 N–H and O–H groups in total. The van der Waals surface area contributed by atoms with Gasteiger partial charge in [0.05, 0.1) is 28.8 Å². The van der Waals surface area contributed by atoms with Gasteiger partial charge < -0.3 is 10.1 Å². The minimum Gasteiger partial charge on any atom is -0.370 e. The molecule has 0 saturated carbocycles. The molecule has 1 aromatic rings. The van der Waals surface area contributed by atoms with Crippen LogP contribution in [-0.4, -0.2) is 42.2 Å². The molecule has 0 aromatic carbocycles. The van der Waals surface area contributed by atoms with Gasteiger partial charge in [0.25, 0.3) is 0 Å². The Bertz CT molecular complexity index is 470. The normalized spacial score (nSPS) is 28.3. The molecule has 0 spiro atoms. The van der Waals surface area contributed by atoms with Crippen LogP contribution in [0.1, 0.15) is 61.3 Å². The number of rotatable bonds is 4. The van der Waals surface area contributed by atoms with Crippen LogP contribution in [0.3, 0.4) is 0 Å². The van der Waals surface area contributed by atoms with Gasteiger partial charge in [0, 0.05) is 32.6 Å². The van der Waals surface area contributed by atoms with Gasteiger partial charge >= 0.3 is 0 Å². The molecule has 2 aliphatic rings. The first-order valence-corrected chi connectivity index (χ1v) is 9.10. The highest BCUT2D eigenvalue weighted by Gasteiger charge is 2.30. The second kappa shape index (κ2) is 6.73. The molecule has 21 heavy (non-hydrogen) atoms. The summed E-state index contributed by atoms with van der Waals surface area (Å²) in [6.07, 6.45) is 3.89. The summed E-state index contributed by atoms with van der Waals surface area (Å²) in [5.41, 5.74) is 1.29. The van der Waals surface area contributed by atoms with E-state index in [1.165, 1.54) is 28.4 Å². The quantitative estimate of drug-likeness (QED) is 0.928. The van der Waals surface area contributed by atoms with Crippen molar-refractivity contribution < 1.29 is 4.74 Å². The Balaban J connectivity index is 1.84. The number of aromatic nitrogens is 1. The third-order valence-electron chi connectivity index (χ3n) is 4.47. The summed E-state index contributed by atoms with van der Waals surface area (Å²) in [5.74, 6) is 0. The zero-order chi connectivity index (χ0) is 14.8. The molecule has 3 heterocycles. The topological polar surface area (TPSA) is 37.4 Å². The summed E-state index contributed by atoms with van der Waals surface area (Å²) < 4.78 is 5.96. The van der Waals surface area contributed by atoms with Crippen molar-refractivity contribution in [2.24, 2.45) is 0 Å². The standard InChI is InChI=1S/C16H27N3OS/c1-4-5-14(19-8-6-17-7-9-19)16-18-13-10-11(2)20-12(3)15(13)21-16/h11-12,14,17H,4-10H2,1-3H3. The Morgan fingerprint density at radius 2 is 2.14 bits per heavy atom. The van der Waals surface area contributed by atoms with Gasteiger partial charge in [-0.3, -0.25) is 4.90 Å². The van der Waals surface area contributed by atoms with Crippen LogP contribution in [0.25, 0.3) is 0 Å². The summed E-state index contributed by atoms with van der Waals surface area (Å²) >= 11 is 1.89. The summed E-state index contributed by atoms with van der Waals surface area (Å²) in [6, 6.07) is 0.496. The van der Waals surface area contributed by atoms with E-state index in [0.29, 0.717) is 12.1 Å². The average molecular weight is 309 g/mol. The van der Waals surface area contributed by atoms with Crippen LogP contribution in [0.5, 0.6) is 0 Å². The van der Waals surface area contributed by atoms with E-state index >= 15 is 0 Å². The summed E-state index contributed by atoms with van der Waals surface area (Å²) in [4.78, 5) is 8.99. The Labute approximate surface area is 131 Å². The molecule has 118 valence electrons. The first-order valence-electron chi connectivity index (χ1n) is 8.28. The molecular formula is C16H27N3OS. The Morgan fingerprint density at radius 3 is 2.86 bits per heavy atom. The number of ether oxygens (including phenoxy) is 1. The summed E-state index contributed by atoms with van der Waals surface area (Å²) in [5, 5.41) is 4.76. The molecule has 0 aliphatic carbocycles.